The van der Waals surface area contributed by atoms with Crippen LogP contribution in [0.4, 0.5) is 0 Å². The molecular weight excluding hydrogens is 208 g/mol. The van der Waals surface area contributed by atoms with E-state index >= 15 is 0 Å². The first-order chi connectivity index (χ1) is 7.24. The molecule has 3 nitrogen and oxygen atoms in total. The van der Waals surface area contributed by atoms with E-state index in [9.17, 15) is 0 Å². The number of ether oxygens (including phenoxy) is 1. The van der Waals surface area contributed by atoms with Gasteiger partial charge in [0.05, 0.1) is 10.7 Å². The molecular formula is C11H18N2OS. The zero-order valence-corrected chi connectivity index (χ0v) is 9.98. The molecule has 15 heavy (non-hydrogen) atoms. The molecule has 1 saturated heterocycles. The second-order valence-corrected chi connectivity index (χ2v) is 5.41. The third-order valence-corrected chi connectivity index (χ3v) is 4.03. The van der Waals surface area contributed by atoms with Crippen LogP contribution in [0.5, 0.6) is 0 Å². The molecule has 1 fully saturated rings. The maximum absolute atomic E-state index is 5.91. The van der Waals surface area contributed by atoms with Gasteiger partial charge in [-0.05, 0) is 38.1 Å². The third kappa shape index (κ3) is 2.56. The highest BCUT2D eigenvalue weighted by molar-refractivity contribution is 7.09. The minimum Gasteiger partial charge on any atom is -0.381 e. The normalized spacial score (nSPS) is 20.4. The predicted molar refractivity (Wildman–Crippen MR) is 62.1 cm³/mol. The Morgan fingerprint density at radius 1 is 1.53 bits per heavy atom. The number of thiazole rings is 1. The minimum atomic E-state index is 0.235. The molecule has 1 aliphatic heterocycles. The van der Waals surface area contributed by atoms with Crippen LogP contribution >= 0.6 is 11.3 Å². The second kappa shape index (κ2) is 4.60. The number of hydrogen-bond acceptors (Lipinski definition) is 4. The van der Waals surface area contributed by atoms with Crippen molar-refractivity contribution in [2.24, 2.45) is 11.1 Å². The number of rotatable bonds is 3. The molecule has 2 heterocycles. The first-order valence-electron chi connectivity index (χ1n) is 5.43. The Bertz CT molecular complexity index is 318. The van der Waals surface area contributed by atoms with Crippen LogP contribution in [0.1, 0.15) is 23.5 Å². The fourth-order valence-corrected chi connectivity index (χ4v) is 2.74. The number of hydrogen-bond donors (Lipinski definition) is 1. The van der Waals surface area contributed by atoms with E-state index in [1.165, 1.54) is 5.69 Å². The molecule has 1 aliphatic rings. The van der Waals surface area contributed by atoms with E-state index < -0.39 is 0 Å². The summed E-state index contributed by atoms with van der Waals surface area (Å²) in [5.74, 6) is 0. The Morgan fingerprint density at radius 2 is 2.27 bits per heavy atom. The summed E-state index contributed by atoms with van der Waals surface area (Å²) in [6.07, 6.45) is 3.15. The second-order valence-electron chi connectivity index (χ2n) is 4.35. The smallest absolute Gasteiger partial charge is 0.0897 e. The summed E-state index contributed by atoms with van der Waals surface area (Å²) in [5, 5.41) is 3.30. The lowest BCUT2D eigenvalue weighted by molar-refractivity contribution is 0.0187. The van der Waals surface area contributed by atoms with Crippen molar-refractivity contribution in [1.82, 2.24) is 4.98 Å². The first-order valence-corrected chi connectivity index (χ1v) is 6.31. The van der Waals surface area contributed by atoms with Gasteiger partial charge in [0.15, 0.2) is 0 Å². The Kier molecular flexibility index (Phi) is 3.38. The van der Waals surface area contributed by atoms with Crippen molar-refractivity contribution in [2.45, 2.75) is 26.2 Å². The fraction of sp³-hybridized carbons (Fsp3) is 0.727. The standard InChI is InChI=1S/C11H18N2OS/c1-9-13-10(7-15-9)6-11(8-12)2-4-14-5-3-11/h7H,2-6,8,12H2,1H3. The van der Waals surface area contributed by atoms with Crippen molar-refractivity contribution in [3.8, 4) is 0 Å². The van der Waals surface area contributed by atoms with Crippen molar-refractivity contribution in [3.05, 3.63) is 16.1 Å². The number of nitrogens with zero attached hydrogens (tertiary/aromatic N) is 1. The summed E-state index contributed by atoms with van der Waals surface area (Å²) in [6, 6.07) is 0. The van der Waals surface area contributed by atoms with E-state index in [0.717, 1.165) is 44.0 Å². The van der Waals surface area contributed by atoms with Crippen molar-refractivity contribution in [2.75, 3.05) is 19.8 Å². The van der Waals surface area contributed by atoms with E-state index in [1.54, 1.807) is 11.3 Å². The van der Waals surface area contributed by atoms with E-state index in [4.69, 9.17) is 10.5 Å². The van der Waals surface area contributed by atoms with E-state index in [-0.39, 0.29) is 5.41 Å². The van der Waals surface area contributed by atoms with Crippen LogP contribution in [0.2, 0.25) is 0 Å². The molecule has 1 aromatic heterocycles. The maximum Gasteiger partial charge on any atom is 0.0897 e. The summed E-state index contributed by atoms with van der Waals surface area (Å²) >= 11 is 1.72. The van der Waals surface area contributed by atoms with Gasteiger partial charge >= 0.3 is 0 Å². The predicted octanol–water partition coefficient (Wildman–Crippen LogP) is 1.75. The summed E-state index contributed by atoms with van der Waals surface area (Å²) in [4.78, 5) is 4.52. The van der Waals surface area contributed by atoms with Gasteiger partial charge in [-0.3, -0.25) is 0 Å². The van der Waals surface area contributed by atoms with Crippen molar-refractivity contribution in [1.29, 1.82) is 0 Å². The van der Waals surface area contributed by atoms with Crippen LogP contribution in [-0.2, 0) is 11.2 Å². The van der Waals surface area contributed by atoms with Crippen LogP contribution in [0.25, 0.3) is 0 Å². The Morgan fingerprint density at radius 3 is 2.80 bits per heavy atom. The number of nitrogens with two attached hydrogens (primary N) is 1. The maximum atomic E-state index is 5.91. The lowest BCUT2D eigenvalue weighted by atomic mass is 9.76. The first kappa shape index (κ1) is 11.0. The molecule has 1 aromatic rings. The van der Waals surface area contributed by atoms with Gasteiger partial charge in [-0.2, -0.15) is 0 Å². The molecule has 2 N–H and O–H groups in total. The highest BCUT2D eigenvalue weighted by Gasteiger charge is 2.31. The Balaban J connectivity index is 2.06. The van der Waals surface area contributed by atoms with Gasteiger partial charge in [0, 0.05) is 18.6 Å². The Labute approximate surface area is 94.7 Å². The molecule has 84 valence electrons. The fourth-order valence-electron chi connectivity index (χ4n) is 2.13. The van der Waals surface area contributed by atoms with E-state index in [2.05, 4.69) is 10.4 Å². The monoisotopic (exact) mass is 226 g/mol. The van der Waals surface area contributed by atoms with Crippen LogP contribution in [0.15, 0.2) is 5.38 Å². The van der Waals surface area contributed by atoms with E-state index in [0.29, 0.717) is 0 Å². The van der Waals surface area contributed by atoms with Gasteiger partial charge in [0.2, 0.25) is 0 Å². The van der Waals surface area contributed by atoms with Gasteiger partial charge in [0.25, 0.3) is 0 Å². The SMILES string of the molecule is Cc1nc(CC2(CN)CCOCC2)cs1. The molecule has 4 heteroatoms. The number of aryl methyl sites for hydroxylation is 1. The van der Waals surface area contributed by atoms with Gasteiger partial charge in [-0.1, -0.05) is 0 Å². The van der Waals surface area contributed by atoms with Crippen molar-refractivity contribution < 1.29 is 4.74 Å². The average molecular weight is 226 g/mol. The highest BCUT2D eigenvalue weighted by atomic mass is 32.1. The molecule has 0 bridgehead atoms. The summed E-state index contributed by atoms with van der Waals surface area (Å²) in [5.41, 5.74) is 7.35. The van der Waals surface area contributed by atoms with Crippen molar-refractivity contribution in [3.63, 3.8) is 0 Å². The van der Waals surface area contributed by atoms with Crippen molar-refractivity contribution >= 4 is 11.3 Å². The topological polar surface area (TPSA) is 48.1 Å². The van der Waals surface area contributed by atoms with Crippen LogP contribution in [0.3, 0.4) is 0 Å². The van der Waals surface area contributed by atoms with Crippen LogP contribution < -0.4 is 5.73 Å². The summed E-state index contributed by atoms with van der Waals surface area (Å²) in [7, 11) is 0. The van der Waals surface area contributed by atoms with Gasteiger partial charge in [0.1, 0.15) is 0 Å². The molecule has 2 rings (SSSR count). The van der Waals surface area contributed by atoms with E-state index in [1.807, 2.05) is 6.92 Å². The summed E-state index contributed by atoms with van der Waals surface area (Å²) in [6.45, 7) is 4.49. The lowest BCUT2D eigenvalue weighted by Gasteiger charge is -2.35. The average Bonchev–Trinajstić information content (AvgIpc) is 2.65. The van der Waals surface area contributed by atoms with Gasteiger partial charge < -0.3 is 10.5 Å². The third-order valence-electron chi connectivity index (χ3n) is 3.21. The highest BCUT2D eigenvalue weighted by Crippen LogP contribution is 2.33. The zero-order chi connectivity index (χ0) is 10.7. The molecule has 0 spiro atoms. The Hall–Kier alpha value is -0.450. The zero-order valence-electron chi connectivity index (χ0n) is 9.16. The van der Waals surface area contributed by atoms with Gasteiger partial charge in [-0.25, -0.2) is 4.98 Å². The molecule has 0 amide bonds. The molecule has 0 radical (unpaired) electrons. The quantitative estimate of drug-likeness (QED) is 0.854. The van der Waals surface area contributed by atoms with Crippen LogP contribution in [-0.4, -0.2) is 24.7 Å². The minimum absolute atomic E-state index is 0.235. The molecule has 0 aliphatic carbocycles. The lowest BCUT2D eigenvalue weighted by Crippen LogP contribution is -2.38. The largest absolute Gasteiger partial charge is 0.381 e. The molecule has 0 unspecified atom stereocenters. The molecule has 0 saturated carbocycles. The van der Waals surface area contributed by atoms with Gasteiger partial charge in [-0.15, -0.1) is 11.3 Å². The van der Waals surface area contributed by atoms with Crippen LogP contribution in [0, 0.1) is 12.3 Å². The molecule has 0 aromatic carbocycles. The molecule has 0 atom stereocenters. The number of aromatic nitrogens is 1. The summed E-state index contributed by atoms with van der Waals surface area (Å²) < 4.78 is 5.40.